The lowest BCUT2D eigenvalue weighted by atomic mass is 9.86. The number of carboxylic acid groups (broad SMARTS) is 1. The number of sulfonamides is 2. The molecule has 0 heterocycles. The summed E-state index contributed by atoms with van der Waals surface area (Å²) in [5, 5.41) is 9.08. The smallest absolute Gasteiger partial charge is 0.308 e. The second kappa shape index (κ2) is 18.3. The molecule has 11 nitrogen and oxygen atoms in total. The van der Waals surface area contributed by atoms with Crippen molar-refractivity contribution in [1.82, 2.24) is 9.44 Å². The molecular weight excluding hydrogens is 763 g/mol. The van der Waals surface area contributed by atoms with Crippen molar-refractivity contribution in [3.05, 3.63) is 125 Å². The number of hydrogen-bond donors (Lipinski definition) is 4. The fourth-order valence-corrected chi connectivity index (χ4v) is 10.1. The van der Waals surface area contributed by atoms with Gasteiger partial charge in [0.25, 0.3) is 0 Å². The Hall–Kier alpha value is -5.26. The summed E-state index contributed by atoms with van der Waals surface area (Å²) in [5.74, 6) is 4.45. The van der Waals surface area contributed by atoms with Crippen LogP contribution in [0.4, 0.5) is 5.69 Å². The van der Waals surface area contributed by atoms with Gasteiger partial charge >= 0.3 is 11.9 Å². The molecule has 0 radical (unpaired) electrons. The van der Waals surface area contributed by atoms with E-state index in [0.717, 1.165) is 22.3 Å². The number of fused-ring (bicyclic) bond motifs is 1. The number of nitrogens with one attached hydrogen (secondary N) is 2. The zero-order chi connectivity index (χ0) is 40.6. The first-order valence-electron chi connectivity index (χ1n) is 19.0. The summed E-state index contributed by atoms with van der Waals surface area (Å²) in [7, 11) is -5.96. The van der Waals surface area contributed by atoms with E-state index < -0.39 is 26.0 Å². The average Bonchev–Trinajstić information content (AvgIpc) is 3.65. The monoisotopic (exact) mass is 809 g/mol. The van der Waals surface area contributed by atoms with Crippen molar-refractivity contribution in [3.8, 4) is 11.8 Å². The van der Waals surface area contributed by atoms with E-state index in [9.17, 15) is 26.4 Å². The molecule has 13 heteroatoms. The highest BCUT2D eigenvalue weighted by molar-refractivity contribution is 7.89. The Morgan fingerprint density at radius 1 is 0.702 bits per heavy atom. The molecule has 3 aliphatic rings. The van der Waals surface area contributed by atoms with Crippen LogP contribution in [0.1, 0.15) is 79.2 Å². The highest BCUT2D eigenvalue weighted by Crippen LogP contribution is 2.33. The minimum Gasteiger partial charge on any atom is -0.481 e. The summed E-state index contributed by atoms with van der Waals surface area (Å²) in [6.07, 6.45) is 7.36. The van der Waals surface area contributed by atoms with Crippen molar-refractivity contribution in [2.45, 2.75) is 79.7 Å². The van der Waals surface area contributed by atoms with Gasteiger partial charge in [-0.05, 0) is 123 Å². The predicted molar refractivity (Wildman–Crippen MR) is 220 cm³/mol. The second-order valence-electron chi connectivity index (χ2n) is 14.6. The molecule has 0 aliphatic heterocycles. The van der Waals surface area contributed by atoms with Gasteiger partial charge in [-0.25, -0.2) is 26.3 Å². The van der Waals surface area contributed by atoms with Crippen molar-refractivity contribution in [1.29, 1.82) is 0 Å². The summed E-state index contributed by atoms with van der Waals surface area (Å²) in [6.45, 7) is 0. The van der Waals surface area contributed by atoms with Gasteiger partial charge in [-0.1, -0.05) is 72.5 Å². The third kappa shape index (κ3) is 10.8. The van der Waals surface area contributed by atoms with Crippen molar-refractivity contribution in [2.75, 3.05) is 12.8 Å². The van der Waals surface area contributed by atoms with Crippen LogP contribution in [0.15, 0.2) is 107 Å². The maximum atomic E-state index is 12.8. The molecule has 298 valence electrons. The fraction of sp³-hybridized carbons (Fsp3) is 0.318. The largest absolute Gasteiger partial charge is 0.481 e. The van der Waals surface area contributed by atoms with E-state index >= 15 is 0 Å². The average molecular weight is 810 g/mol. The van der Waals surface area contributed by atoms with Crippen molar-refractivity contribution < 1.29 is 36.3 Å². The first-order chi connectivity index (χ1) is 27.3. The zero-order valence-corrected chi connectivity index (χ0v) is 33.3. The Bertz CT molecular complexity index is 2390. The third-order valence-corrected chi connectivity index (χ3v) is 13.7. The van der Waals surface area contributed by atoms with Crippen molar-refractivity contribution in [3.63, 3.8) is 0 Å². The summed E-state index contributed by atoms with van der Waals surface area (Å²) in [5.41, 5.74) is 12.2. The molecule has 5 N–H and O–H groups in total. The number of rotatable bonds is 9. The lowest BCUT2D eigenvalue weighted by Crippen LogP contribution is -2.38. The number of allylic oxidation sites excluding steroid dienone is 1. The lowest BCUT2D eigenvalue weighted by Gasteiger charge is -2.27. The molecule has 0 spiro atoms. The first kappa shape index (κ1) is 41.4. The molecule has 2 fully saturated rings. The molecule has 57 heavy (non-hydrogen) atoms. The Morgan fingerprint density at radius 3 is 1.81 bits per heavy atom. The normalized spacial score (nSPS) is 20.4. The summed E-state index contributed by atoms with van der Waals surface area (Å²) >= 11 is 0. The number of hydrogen-bond acceptors (Lipinski definition) is 8. The van der Waals surface area contributed by atoms with Crippen LogP contribution < -0.4 is 15.2 Å². The van der Waals surface area contributed by atoms with Gasteiger partial charge in [0.05, 0.1) is 28.7 Å². The van der Waals surface area contributed by atoms with Gasteiger partial charge in [0.1, 0.15) is 0 Å². The molecule has 0 bridgehead atoms. The molecule has 4 aromatic rings. The van der Waals surface area contributed by atoms with E-state index in [4.69, 9.17) is 15.6 Å². The molecule has 0 unspecified atom stereocenters. The van der Waals surface area contributed by atoms with Gasteiger partial charge < -0.3 is 15.6 Å². The van der Waals surface area contributed by atoms with Gasteiger partial charge in [0, 0.05) is 28.9 Å². The highest BCUT2D eigenvalue weighted by Gasteiger charge is 2.31. The van der Waals surface area contributed by atoms with Gasteiger partial charge in [-0.15, -0.1) is 0 Å². The molecular formula is C44H47N3O8S2. The molecule has 4 aromatic carbocycles. The maximum absolute atomic E-state index is 12.8. The van der Waals surface area contributed by atoms with Gasteiger partial charge in [-0.3, -0.25) is 9.59 Å². The number of ether oxygens (including phenoxy) is 1. The van der Waals surface area contributed by atoms with Crippen LogP contribution >= 0.6 is 0 Å². The summed E-state index contributed by atoms with van der Waals surface area (Å²) < 4.78 is 61.3. The minimum absolute atomic E-state index is 0.107. The van der Waals surface area contributed by atoms with Crippen LogP contribution in [0, 0.1) is 23.7 Å². The first-order valence-corrected chi connectivity index (χ1v) is 22.0. The van der Waals surface area contributed by atoms with E-state index in [1.54, 1.807) is 18.2 Å². The second-order valence-corrected chi connectivity index (χ2v) is 18.1. The van der Waals surface area contributed by atoms with Crippen molar-refractivity contribution in [2.24, 2.45) is 11.8 Å². The number of nitrogen functional groups attached to an aromatic ring is 1. The predicted octanol–water partition coefficient (Wildman–Crippen LogP) is 6.38. The van der Waals surface area contributed by atoms with Crippen LogP contribution in [0.5, 0.6) is 0 Å². The van der Waals surface area contributed by atoms with Crippen LogP contribution in [0.2, 0.25) is 0 Å². The number of aliphatic carboxylic acids is 1. The summed E-state index contributed by atoms with van der Waals surface area (Å²) in [4.78, 5) is 23.0. The highest BCUT2D eigenvalue weighted by atomic mass is 32.2. The molecule has 3 aliphatic carbocycles. The van der Waals surface area contributed by atoms with Gasteiger partial charge in [0.15, 0.2) is 0 Å². The molecule has 2 saturated carbocycles. The number of nitrogens with two attached hydrogens (primary N) is 1. The standard InChI is InChI=1S/C22H24N2O4S.C22H23NO4S/c1-28-22(25)18-9-12-19(13-10-18)24-29(26,27)20-14-11-17(21(23)15-20)8-7-16-5-3-2-4-6-16;24-22(25)16-6-9-20(10-7-16)23-28(26,27)21-11-8-17-12-18(13-19(17)14-21)15-4-2-1-3-5-15/h2-6,11,14-15,18-19,24H,9-10,12-13,23H2,1H3;1-5,8,11-12,14,16,20,23H,6-7,9-10,13H2,(H,24,25). The molecule has 0 atom stereocenters. The Morgan fingerprint density at radius 2 is 1.25 bits per heavy atom. The third-order valence-electron chi connectivity index (χ3n) is 10.7. The lowest BCUT2D eigenvalue weighted by molar-refractivity contribution is -0.146. The number of benzene rings is 4. The number of carboxylic acids is 1. The van der Waals surface area contributed by atoms with E-state index in [1.807, 2.05) is 54.6 Å². The van der Waals surface area contributed by atoms with Gasteiger partial charge in [-0.2, -0.15) is 0 Å². The summed E-state index contributed by atoms with van der Waals surface area (Å²) in [6, 6.07) is 29.0. The van der Waals surface area contributed by atoms with Crippen LogP contribution in [-0.2, 0) is 40.8 Å². The molecule has 7 rings (SSSR count). The molecule has 0 saturated heterocycles. The van der Waals surface area contributed by atoms with Crippen LogP contribution in [0.3, 0.4) is 0 Å². The molecule has 0 amide bonds. The topological polar surface area (TPSA) is 182 Å². The van der Waals surface area contributed by atoms with E-state index in [1.165, 1.54) is 24.8 Å². The van der Waals surface area contributed by atoms with Gasteiger partial charge in [0.2, 0.25) is 20.0 Å². The number of carbonyl (C=O) groups is 2. The Labute approximate surface area is 334 Å². The van der Waals surface area contributed by atoms with E-state index in [-0.39, 0.29) is 39.7 Å². The number of methoxy groups -OCH3 is 1. The Kier molecular flexibility index (Phi) is 13.3. The SMILES string of the molecule is COC(=O)C1CCC(NS(=O)(=O)c2ccc(C#Cc3ccccc3)c(N)c2)CC1.O=C(O)C1CCC(NS(=O)(=O)c2ccc3c(c2)CC(c2ccccc2)=C3)CC1. The van der Waals surface area contributed by atoms with E-state index in [2.05, 4.69) is 39.5 Å². The fourth-order valence-electron chi connectivity index (χ4n) is 7.45. The minimum atomic E-state index is -3.70. The van der Waals surface area contributed by atoms with Crippen LogP contribution in [-0.4, -0.2) is 53.1 Å². The zero-order valence-electron chi connectivity index (χ0n) is 31.7. The Balaban J connectivity index is 0.000000193. The van der Waals surface area contributed by atoms with Crippen molar-refractivity contribution >= 4 is 49.3 Å². The number of esters is 1. The number of anilines is 1. The van der Waals surface area contributed by atoms with Crippen LogP contribution in [0.25, 0.3) is 11.6 Å². The maximum Gasteiger partial charge on any atom is 0.308 e. The number of carbonyl (C=O) groups excluding carboxylic acids is 1. The van der Waals surface area contributed by atoms with E-state index in [0.29, 0.717) is 69.0 Å². The molecule has 0 aromatic heterocycles. The quantitative estimate of drug-likeness (QED) is 0.0847.